The van der Waals surface area contributed by atoms with Gasteiger partial charge in [0.1, 0.15) is 17.4 Å². The number of methoxy groups -OCH3 is 1. The van der Waals surface area contributed by atoms with Crippen LogP contribution >= 0.6 is 0 Å². The van der Waals surface area contributed by atoms with E-state index in [1.807, 2.05) is 32.0 Å². The summed E-state index contributed by atoms with van der Waals surface area (Å²) in [6, 6.07) is 12.9. The summed E-state index contributed by atoms with van der Waals surface area (Å²) in [5, 5.41) is 14.7. The van der Waals surface area contributed by atoms with Crippen molar-refractivity contribution in [3.63, 3.8) is 0 Å². The molecule has 0 unspecified atom stereocenters. The lowest BCUT2D eigenvalue weighted by molar-refractivity contribution is 0.0905. The Morgan fingerprint density at radius 2 is 1.48 bits per heavy atom. The Kier molecular flexibility index (Phi) is 12.5. The zero-order valence-electron chi connectivity index (χ0n) is 25.4. The van der Waals surface area contributed by atoms with Crippen molar-refractivity contribution in [3.8, 4) is 5.75 Å². The molecule has 3 aromatic rings. The topological polar surface area (TPSA) is 145 Å². The Hall–Kier alpha value is -4.15. The smallest absolute Gasteiger partial charge is 0.249 e. The van der Waals surface area contributed by atoms with Gasteiger partial charge in [0.15, 0.2) is 5.78 Å². The Morgan fingerprint density at radius 1 is 0.886 bits per heavy atom. The summed E-state index contributed by atoms with van der Waals surface area (Å²) >= 11 is 0. The summed E-state index contributed by atoms with van der Waals surface area (Å²) in [7, 11) is 1.55. The Bertz CT molecular complexity index is 1420. The van der Waals surface area contributed by atoms with Crippen LogP contribution in [0.3, 0.4) is 0 Å². The van der Waals surface area contributed by atoms with Crippen molar-refractivity contribution in [3.05, 3.63) is 99.6 Å². The van der Waals surface area contributed by atoms with E-state index in [0.717, 1.165) is 36.6 Å². The second kappa shape index (κ2) is 16.1. The minimum Gasteiger partial charge on any atom is -0.497 e. The number of rotatable bonds is 17. The van der Waals surface area contributed by atoms with E-state index < -0.39 is 35.5 Å². The molecule has 0 aromatic heterocycles. The molecule has 0 saturated carbocycles. The van der Waals surface area contributed by atoms with Crippen LogP contribution < -0.4 is 21.5 Å². The molecule has 2 amide bonds. The molecule has 2 atom stereocenters. The van der Waals surface area contributed by atoms with Crippen molar-refractivity contribution in [1.29, 1.82) is 0 Å². The number of ether oxygens (including phenoxy) is 1. The summed E-state index contributed by atoms with van der Waals surface area (Å²) in [6.07, 6.45) is 1.33. The summed E-state index contributed by atoms with van der Waals surface area (Å²) in [4.78, 5) is 39.3. The average Bonchev–Trinajstić information content (AvgIpc) is 2.98. The van der Waals surface area contributed by atoms with Crippen LogP contribution in [0.5, 0.6) is 5.75 Å². The van der Waals surface area contributed by atoms with Gasteiger partial charge in [-0.25, -0.2) is 8.78 Å². The molecule has 6 N–H and O–H groups in total. The molecular weight excluding hydrogens is 568 g/mol. The Labute approximate surface area is 256 Å². The SMILES string of the molecule is CCCC(CCC)C(=O)c1cc(C(N)=O)c([C@H](Cc2cc(F)cc(F)c2)[C@@H](O)CNCc2cccc(OC)c2)c(C(N)=O)c1. The van der Waals surface area contributed by atoms with E-state index >= 15 is 0 Å². The lowest BCUT2D eigenvalue weighted by Gasteiger charge is -2.28. The van der Waals surface area contributed by atoms with E-state index in [-0.39, 0.29) is 52.5 Å². The third-order valence-electron chi connectivity index (χ3n) is 7.67. The van der Waals surface area contributed by atoms with Crippen molar-refractivity contribution < 1.29 is 33.0 Å². The zero-order chi connectivity index (χ0) is 32.4. The van der Waals surface area contributed by atoms with Crippen LogP contribution in [0.1, 0.15) is 93.2 Å². The van der Waals surface area contributed by atoms with Crippen molar-refractivity contribution >= 4 is 17.6 Å². The number of benzene rings is 3. The maximum atomic E-state index is 14.2. The molecule has 0 aliphatic heterocycles. The number of hydrogen-bond acceptors (Lipinski definition) is 6. The summed E-state index contributed by atoms with van der Waals surface area (Å²) in [5.74, 6) is -4.50. The van der Waals surface area contributed by atoms with Gasteiger partial charge >= 0.3 is 0 Å². The standard InChI is InChI=1S/C34H41F2N3O5/c1-4-7-22(8-5-2)32(41)23-15-28(33(37)42)31(29(16-23)34(38)43)27(14-21-11-24(35)17-25(36)12-21)30(40)19-39-18-20-9-6-10-26(13-20)44-3/h6,9-13,15-17,22,27,30,39-40H,4-5,7-8,14,18-19H2,1-3H3,(H2,37,42)(H2,38,43)/t27-,30+/m1/s1. The predicted octanol–water partition coefficient (Wildman–Crippen LogP) is 5.05. The van der Waals surface area contributed by atoms with Crippen molar-refractivity contribution in [2.45, 2.75) is 64.5 Å². The first-order chi connectivity index (χ1) is 21.0. The number of nitrogens with one attached hydrogen (secondary N) is 1. The molecule has 0 radical (unpaired) electrons. The fourth-order valence-electron chi connectivity index (χ4n) is 5.64. The van der Waals surface area contributed by atoms with Gasteiger partial charge in [-0.05, 0) is 72.4 Å². The zero-order valence-corrected chi connectivity index (χ0v) is 25.4. The number of Topliss-reactive ketones (excluding diaryl/α,β-unsaturated/α-hetero) is 1. The largest absolute Gasteiger partial charge is 0.497 e. The van der Waals surface area contributed by atoms with Crippen molar-refractivity contribution in [2.24, 2.45) is 17.4 Å². The van der Waals surface area contributed by atoms with Gasteiger partial charge in [0, 0.05) is 47.7 Å². The molecule has 0 aliphatic rings. The fourth-order valence-corrected chi connectivity index (χ4v) is 5.64. The summed E-state index contributed by atoms with van der Waals surface area (Å²) < 4.78 is 33.6. The maximum Gasteiger partial charge on any atom is 0.249 e. The minimum atomic E-state index is -1.28. The molecule has 3 aromatic carbocycles. The normalized spacial score (nSPS) is 12.6. The lowest BCUT2D eigenvalue weighted by Crippen LogP contribution is -2.35. The van der Waals surface area contributed by atoms with Crippen molar-refractivity contribution in [2.75, 3.05) is 13.7 Å². The number of primary amides is 2. The van der Waals surface area contributed by atoms with Gasteiger partial charge in [-0.3, -0.25) is 14.4 Å². The molecule has 0 heterocycles. The number of hydrogen-bond donors (Lipinski definition) is 4. The molecule has 3 rings (SSSR count). The number of aliphatic hydroxyl groups excluding tert-OH is 1. The van der Waals surface area contributed by atoms with E-state index in [1.54, 1.807) is 13.2 Å². The molecule has 236 valence electrons. The maximum absolute atomic E-state index is 14.2. The van der Waals surface area contributed by atoms with E-state index in [9.17, 15) is 28.3 Å². The highest BCUT2D eigenvalue weighted by molar-refractivity contribution is 6.07. The summed E-state index contributed by atoms with van der Waals surface area (Å²) in [6.45, 7) is 4.23. The molecule has 0 bridgehead atoms. The molecule has 44 heavy (non-hydrogen) atoms. The second-order valence-corrected chi connectivity index (χ2v) is 11.0. The van der Waals surface area contributed by atoms with Gasteiger partial charge in [-0.2, -0.15) is 0 Å². The molecular formula is C34H41F2N3O5. The van der Waals surface area contributed by atoms with Gasteiger partial charge < -0.3 is 26.6 Å². The predicted molar refractivity (Wildman–Crippen MR) is 165 cm³/mol. The first kappa shape index (κ1) is 34.3. The van der Waals surface area contributed by atoms with Crippen molar-refractivity contribution in [1.82, 2.24) is 5.32 Å². The van der Waals surface area contributed by atoms with Gasteiger partial charge in [-0.1, -0.05) is 38.8 Å². The number of halogens is 2. The number of carbonyl (C=O) groups excluding carboxylic acids is 3. The van der Waals surface area contributed by atoms with Crippen LogP contribution in [-0.4, -0.2) is 42.5 Å². The number of amides is 2. The minimum absolute atomic E-state index is 0.0180. The highest BCUT2D eigenvalue weighted by atomic mass is 19.1. The number of aliphatic hydroxyl groups is 1. The van der Waals surface area contributed by atoms with Gasteiger partial charge in [-0.15, -0.1) is 0 Å². The van der Waals surface area contributed by atoms with Crippen LogP contribution in [0.4, 0.5) is 8.78 Å². The summed E-state index contributed by atoms with van der Waals surface area (Å²) in [5.41, 5.74) is 12.4. The first-order valence-electron chi connectivity index (χ1n) is 14.8. The third-order valence-corrected chi connectivity index (χ3v) is 7.67. The van der Waals surface area contributed by atoms with Crippen LogP contribution in [0.2, 0.25) is 0 Å². The van der Waals surface area contributed by atoms with Crippen LogP contribution in [0.25, 0.3) is 0 Å². The lowest BCUT2D eigenvalue weighted by atomic mass is 9.79. The molecule has 10 heteroatoms. The highest BCUT2D eigenvalue weighted by Crippen LogP contribution is 2.33. The van der Waals surface area contributed by atoms with Crippen LogP contribution in [0.15, 0.2) is 54.6 Å². The quantitative estimate of drug-likeness (QED) is 0.158. The van der Waals surface area contributed by atoms with E-state index in [1.165, 1.54) is 12.1 Å². The fraction of sp³-hybridized carbons (Fsp3) is 0.382. The van der Waals surface area contributed by atoms with E-state index in [0.29, 0.717) is 25.1 Å². The highest BCUT2D eigenvalue weighted by Gasteiger charge is 2.32. The van der Waals surface area contributed by atoms with Gasteiger partial charge in [0.05, 0.1) is 13.2 Å². The van der Waals surface area contributed by atoms with Gasteiger partial charge in [0.2, 0.25) is 11.8 Å². The van der Waals surface area contributed by atoms with Crippen LogP contribution in [0, 0.1) is 17.6 Å². The first-order valence-corrected chi connectivity index (χ1v) is 14.8. The number of nitrogens with two attached hydrogens (primary N) is 2. The third kappa shape index (κ3) is 8.93. The number of ketones is 1. The molecule has 0 aliphatic carbocycles. The molecule has 8 nitrogen and oxygen atoms in total. The monoisotopic (exact) mass is 609 g/mol. The second-order valence-electron chi connectivity index (χ2n) is 11.0. The molecule has 0 saturated heterocycles. The van der Waals surface area contributed by atoms with Crippen LogP contribution in [-0.2, 0) is 13.0 Å². The Morgan fingerprint density at radius 3 is 2.00 bits per heavy atom. The Balaban J connectivity index is 2.10. The van der Waals surface area contributed by atoms with Gasteiger partial charge in [0.25, 0.3) is 0 Å². The average molecular weight is 610 g/mol. The molecule has 0 spiro atoms. The molecule has 0 fully saturated rings. The van der Waals surface area contributed by atoms with E-state index in [2.05, 4.69) is 5.32 Å². The number of carbonyl (C=O) groups is 3. The van der Waals surface area contributed by atoms with E-state index in [4.69, 9.17) is 16.2 Å².